The Balaban J connectivity index is 0.987. The molecule has 0 aliphatic rings. The molecule has 0 aromatic heterocycles. The van der Waals surface area contributed by atoms with Crippen LogP contribution in [0.15, 0.2) is 218 Å². The van der Waals surface area contributed by atoms with Crippen molar-refractivity contribution in [1.82, 2.24) is 0 Å². The standard InChI is InChI=1S/C54H38N2/c1-2-19-44(20-3-1)55(54-38-43-16-6-7-21-47(43)50-24-10-11-25-51(50)54)45-34-30-39(31-35-45)28-29-40-32-36-46(37-33-40)56(52-26-12-17-41-14-4-8-22-48(41)52)53-27-13-18-42-15-5-9-23-49(42)53/h1-38H. The maximum atomic E-state index is 2.40. The summed E-state index contributed by atoms with van der Waals surface area (Å²) in [5.74, 6) is 0. The minimum Gasteiger partial charge on any atom is -0.310 e. The van der Waals surface area contributed by atoms with Crippen molar-refractivity contribution in [3.05, 3.63) is 230 Å². The molecule has 0 bridgehead atoms. The molecule has 10 rings (SSSR count). The predicted molar refractivity (Wildman–Crippen MR) is 241 cm³/mol. The summed E-state index contributed by atoms with van der Waals surface area (Å²) in [5, 5.41) is 9.85. The van der Waals surface area contributed by atoms with Crippen LogP contribution >= 0.6 is 0 Å². The lowest BCUT2D eigenvalue weighted by Gasteiger charge is -2.28. The molecule has 56 heavy (non-hydrogen) atoms. The van der Waals surface area contributed by atoms with E-state index in [1.165, 1.54) is 43.1 Å². The maximum absolute atomic E-state index is 2.40. The van der Waals surface area contributed by atoms with Gasteiger partial charge in [-0.1, -0.05) is 176 Å². The lowest BCUT2D eigenvalue weighted by molar-refractivity contribution is 1.30. The molecule has 0 aliphatic carbocycles. The smallest absolute Gasteiger partial charge is 0.0546 e. The molecule has 0 N–H and O–H groups in total. The van der Waals surface area contributed by atoms with Crippen molar-refractivity contribution in [3.8, 4) is 0 Å². The maximum Gasteiger partial charge on any atom is 0.0546 e. The Morgan fingerprint density at radius 3 is 1.23 bits per heavy atom. The van der Waals surface area contributed by atoms with E-state index in [-0.39, 0.29) is 0 Å². The Kier molecular flexibility index (Phi) is 8.55. The van der Waals surface area contributed by atoms with Crippen molar-refractivity contribution in [2.45, 2.75) is 0 Å². The quantitative estimate of drug-likeness (QED) is 0.114. The van der Waals surface area contributed by atoms with Gasteiger partial charge in [0.1, 0.15) is 0 Å². The predicted octanol–water partition coefficient (Wildman–Crippen LogP) is 15.4. The Morgan fingerprint density at radius 2 is 0.661 bits per heavy atom. The summed E-state index contributed by atoms with van der Waals surface area (Å²) < 4.78 is 0. The molecule has 2 nitrogen and oxygen atoms in total. The van der Waals surface area contributed by atoms with Gasteiger partial charge in [-0.15, -0.1) is 0 Å². The van der Waals surface area contributed by atoms with Crippen LogP contribution in [0.5, 0.6) is 0 Å². The zero-order valence-corrected chi connectivity index (χ0v) is 30.8. The molecular formula is C54H38N2. The monoisotopic (exact) mass is 714 g/mol. The van der Waals surface area contributed by atoms with Crippen LogP contribution in [0.1, 0.15) is 11.1 Å². The second-order valence-corrected chi connectivity index (χ2v) is 14.2. The highest BCUT2D eigenvalue weighted by atomic mass is 15.1. The molecule has 0 radical (unpaired) electrons. The minimum atomic E-state index is 1.11. The molecule has 0 amide bonds. The van der Waals surface area contributed by atoms with Gasteiger partial charge in [-0.25, -0.2) is 0 Å². The summed E-state index contributed by atoms with van der Waals surface area (Å²) in [6, 6.07) is 78.5. The summed E-state index contributed by atoms with van der Waals surface area (Å²) in [6.07, 6.45) is 4.40. The fraction of sp³-hybridized carbons (Fsp3) is 0. The number of rotatable bonds is 8. The van der Waals surface area contributed by atoms with E-state index in [0.717, 1.165) is 45.3 Å². The van der Waals surface area contributed by atoms with E-state index in [4.69, 9.17) is 0 Å². The molecule has 0 aliphatic heterocycles. The van der Waals surface area contributed by atoms with Crippen molar-refractivity contribution in [1.29, 1.82) is 0 Å². The molecule has 0 spiro atoms. The van der Waals surface area contributed by atoms with E-state index >= 15 is 0 Å². The largest absolute Gasteiger partial charge is 0.310 e. The first-order chi connectivity index (χ1) is 27.8. The lowest BCUT2D eigenvalue weighted by atomic mass is 9.99. The van der Waals surface area contributed by atoms with Crippen molar-refractivity contribution >= 4 is 89.4 Å². The van der Waals surface area contributed by atoms with Gasteiger partial charge < -0.3 is 9.80 Å². The molecule has 10 aromatic rings. The number of nitrogens with zero attached hydrogens (tertiary/aromatic N) is 2. The molecule has 0 atom stereocenters. The van der Waals surface area contributed by atoms with Gasteiger partial charge in [0.15, 0.2) is 0 Å². The fourth-order valence-electron chi connectivity index (χ4n) is 8.10. The Labute approximate surface area is 327 Å². The second-order valence-electron chi connectivity index (χ2n) is 14.2. The van der Waals surface area contributed by atoms with Gasteiger partial charge in [0.05, 0.1) is 17.1 Å². The zero-order valence-electron chi connectivity index (χ0n) is 30.8. The molecule has 0 saturated carbocycles. The van der Waals surface area contributed by atoms with Crippen molar-refractivity contribution in [2.24, 2.45) is 0 Å². The van der Waals surface area contributed by atoms with Crippen molar-refractivity contribution < 1.29 is 0 Å². The third-order valence-corrected chi connectivity index (χ3v) is 10.8. The third kappa shape index (κ3) is 6.14. The molecule has 2 heteroatoms. The van der Waals surface area contributed by atoms with Crippen LogP contribution in [-0.4, -0.2) is 0 Å². The Hall–Kier alpha value is -7.42. The van der Waals surface area contributed by atoms with E-state index in [9.17, 15) is 0 Å². The number of para-hydroxylation sites is 1. The lowest BCUT2D eigenvalue weighted by Crippen LogP contribution is -2.11. The fourth-order valence-corrected chi connectivity index (χ4v) is 8.10. The first-order valence-electron chi connectivity index (χ1n) is 19.2. The number of fused-ring (bicyclic) bond motifs is 5. The molecular weight excluding hydrogens is 677 g/mol. The van der Waals surface area contributed by atoms with Gasteiger partial charge in [-0.05, 0) is 92.7 Å². The zero-order chi connectivity index (χ0) is 37.3. The van der Waals surface area contributed by atoms with Crippen LogP contribution in [0.3, 0.4) is 0 Å². The normalized spacial score (nSPS) is 11.5. The van der Waals surface area contributed by atoms with Crippen LogP contribution in [-0.2, 0) is 0 Å². The van der Waals surface area contributed by atoms with E-state index in [1.54, 1.807) is 0 Å². The summed E-state index contributed by atoms with van der Waals surface area (Å²) >= 11 is 0. The molecule has 264 valence electrons. The van der Waals surface area contributed by atoms with Crippen LogP contribution in [0.4, 0.5) is 34.1 Å². The molecule has 0 unspecified atom stereocenters. The summed E-state index contributed by atoms with van der Waals surface area (Å²) in [7, 11) is 0. The summed E-state index contributed by atoms with van der Waals surface area (Å²) in [5.41, 5.74) is 9.10. The molecule has 0 saturated heterocycles. The van der Waals surface area contributed by atoms with E-state index in [2.05, 4.69) is 240 Å². The topological polar surface area (TPSA) is 6.48 Å². The summed E-state index contributed by atoms with van der Waals surface area (Å²) in [4.78, 5) is 4.77. The number of hydrogen-bond donors (Lipinski definition) is 0. The van der Waals surface area contributed by atoms with Crippen LogP contribution in [0.2, 0.25) is 0 Å². The number of benzene rings is 10. The average Bonchev–Trinajstić information content (AvgIpc) is 3.27. The minimum absolute atomic E-state index is 1.11. The third-order valence-electron chi connectivity index (χ3n) is 10.8. The first kappa shape index (κ1) is 33.2. The van der Waals surface area contributed by atoms with Gasteiger partial charge in [0, 0.05) is 33.2 Å². The SMILES string of the molecule is C(=Cc1ccc(N(c2ccccc2)c2cc3ccccc3c3ccccc23)cc1)c1ccc(N(c2cccc3ccccc23)c2cccc3ccccc23)cc1. The number of hydrogen-bond acceptors (Lipinski definition) is 2. The van der Waals surface area contributed by atoms with Crippen LogP contribution in [0.25, 0.3) is 55.2 Å². The van der Waals surface area contributed by atoms with Crippen LogP contribution in [0, 0.1) is 0 Å². The van der Waals surface area contributed by atoms with Crippen molar-refractivity contribution in [2.75, 3.05) is 9.80 Å². The second kappa shape index (κ2) is 14.4. The highest BCUT2D eigenvalue weighted by molar-refractivity contribution is 6.14. The molecule has 0 heterocycles. The average molecular weight is 715 g/mol. The Bertz CT molecular complexity index is 2930. The first-order valence-corrected chi connectivity index (χ1v) is 19.2. The van der Waals surface area contributed by atoms with E-state index in [0.29, 0.717) is 0 Å². The molecule has 10 aromatic carbocycles. The van der Waals surface area contributed by atoms with Crippen LogP contribution < -0.4 is 9.80 Å². The van der Waals surface area contributed by atoms with Crippen molar-refractivity contribution in [3.63, 3.8) is 0 Å². The molecule has 0 fully saturated rings. The van der Waals surface area contributed by atoms with Gasteiger partial charge in [0.25, 0.3) is 0 Å². The van der Waals surface area contributed by atoms with Gasteiger partial charge in [-0.3, -0.25) is 0 Å². The number of anilines is 6. The van der Waals surface area contributed by atoms with E-state index < -0.39 is 0 Å². The van der Waals surface area contributed by atoms with Gasteiger partial charge >= 0.3 is 0 Å². The van der Waals surface area contributed by atoms with Gasteiger partial charge in [0.2, 0.25) is 0 Å². The Morgan fingerprint density at radius 1 is 0.250 bits per heavy atom. The highest BCUT2D eigenvalue weighted by Gasteiger charge is 2.19. The highest BCUT2D eigenvalue weighted by Crippen LogP contribution is 2.43. The van der Waals surface area contributed by atoms with Gasteiger partial charge in [-0.2, -0.15) is 0 Å². The van der Waals surface area contributed by atoms with E-state index in [1.807, 2.05) is 0 Å². The summed E-state index contributed by atoms with van der Waals surface area (Å²) in [6.45, 7) is 0.